The first-order valence-corrected chi connectivity index (χ1v) is 4.48. The van der Waals surface area contributed by atoms with Crippen LogP contribution in [0.15, 0.2) is 6.07 Å². The fourth-order valence-corrected chi connectivity index (χ4v) is 1.24. The van der Waals surface area contributed by atoms with Crippen LogP contribution in [-0.4, -0.2) is 11.3 Å². The molecule has 0 aliphatic carbocycles. The van der Waals surface area contributed by atoms with Gasteiger partial charge in [-0.15, -0.1) is 13.2 Å². The molecule has 0 saturated carbocycles. The summed E-state index contributed by atoms with van der Waals surface area (Å²) in [6.07, 6.45) is -4.92. The maximum Gasteiger partial charge on any atom is 0.574 e. The summed E-state index contributed by atoms with van der Waals surface area (Å²) in [5, 5.41) is 8.53. The zero-order valence-electron chi connectivity index (χ0n) is 8.58. The van der Waals surface area contributed by atoms with Gasteiger partial charge in [0.15, 0.2) is 0 Å². The number of ether oxygens (including phenoxy) is 1. The number of nitrogen functional groups attached to an aromatic ring is 1. The van der Waals surface area contributed by atoms with Gasteiger partial charge >= 0.3 is 6.36 Å². The predicted molar refractivity (Wildman–Crippen MR) is 52.5 cm³/mol. The van der Waals surface area contributed by atoms with E-state index in [4.69, 9.17) is 16.7 Å². The van der Waals surface area contributed by atoms with E-state index in [1.54, 1.807) is 0 Å². The molecule has 0 aliphatic heterocycles. The lowest BCUT2D eigenvalue weighted by atomic mass is 10.1. The van der Waals surface area contributed by atoms with Crippen LogP contribution in [0.5, 0.6) is 5.88 Å². The molecule has 0 bridgehead atoms. The molecule has 8 heteroatoms. The molecule has 1 heterocycles. The third-order valence-corrected chi connectivity index (χ3v) is 1.89. The number of halogens is 3. The smallest absolute Gasteiger partial charge is 0.398 e. The second-order valence-corrected chi connectivity index (χ2v) is 3.06. The summed E-state index contributed by atoms with van der Waals surface area (Å²) in [5.74, 6) is -0.683. The molecular formula is C9H9F3N4O. The van der Waals surface area contributed by atoms with E-state index in [0.717, 1.165) is 6.07 Å². The van der Waals surface area contributed by atoms with Crippen LogP contribution < -0.4 is 16.2 Å². The van der Waals surface area contributed by atoms with Gasteiger partial charge in [0.25, 0.3) is 0 Å². The van der Waals surface area contributed by atoms with Crippen molar-refractivity contribution in [2.45, 2.75) is 19.3 Å². The second-order valence-electron chi connectivity index (χ2n) is 3.06. The SMILES string of the molecule is N#CCc1c(N)cc(OC(F)(F)F)nc1CN. The minimum Gasteiger partial charge on any atom is -0.398 e. The molecule has 1 aromatic rings. The summed E-state index contributed by atoms with van der Waals surface area (Å²) >= 11 is 0. The van der Waals surface area contributed by atoms with Gasteiger partial charge in [0.1, 0.15) is 0 Å². The van der Waals surface area contributed by atoms with Crippen LogP contribution in [0.2, 0.25) is 0 Å². The number of aromatic nitrogens is 1. The number of nitrogens with zero attached hydrogens (tertiary/aromatic N) is 2. The first-order chi connectivity index (χ1) is 7.87. The Morgan fingerprint density at radius 2 is 2.12 bits per heavy atom. The van der Waals surface area contributed by atoms with Gasteiger partial charge in [0.2, 0.25) is 5.88 Å². The Hall–Kier alpha value is -2.01. The highest BCUT2D eigenvalue weighted by Crippen LogP contribution is 2.26. The van der Waals surface area contributed by atoms with Gasteiger partial charge < -0.3 is 16.2 Å². The number of hydrogen-bond acceptors (Lipinski definition) is 5. The van der Waals surface area contributed by atoms with Crippen molar-refractivity contribution in [1.82, 2.24) is 4.98 Å². The second kappa shape index (κ2) is 4.88. The van der Waals surface area contributed by atoms with Crippen LogP contribution in [0.4, 0.5) is 18.9 Å². The molecule has 0 radical (unpaired) electrons. The van der Waals surface area contributed by atoms with Gasteiger partial charge in [-0.3, -0.25) is 0 Å². The molecule has 0 fully saturated rings. The van der Waals surface area contributed by atoms with E-state index < -0.39 is 12.2 Å². The Balaban J connectivity index is 3.14. The van der Waals surface area contributed by atoms with Crippen LogP contribution >= 0.6 is 0 Å². The lowest BCUT2D eigenvalue weighted by molar-refractivity contribution is -0.276. The van der Waals surface area contributed by atoms with Gasteiger partial charge in [-0.1, -0.05) is 0 Å². The average molecular weight is 246 g/mol. The number of hydrogen-bond donors (Lipinski definition) is 2. The van der Waals surface area contributed by atoms with Crippen molar-refractivity contribution in [1.29, 1.82) is 5.26 Å². The van der Waals surface area contributed by atoms with Crippen LogP contribution in [-0.2, 0) is 13.0 Å². The van der Waals surface area contributed by atoms with Crippen molar-refractivity contribution in [3.05, 3.63) is 17.3 Å². The molecule has 1 aromatic heterocycles. The molecule has 0 aromatic carbocycles. The van der Waals surface area contributed by atoms with Crippen molar-refractivity contribution in [2.24, 2.45) is 5.73 Å². The van der Waals surface area contributed by atoms with E-state index in [-0.39, 0.29) is 24.3 Å². The van der Waals surface area contributed by atoms with E-state index in [9.17, 15) is 13.2 Å². The molecule has 0 atom stereocenters. The van der Waals surface area contributed by atoms with Crippen molar-refractivity contribution >= 4 is 5.69 Å². The first kappa shape index (κ1) is 13.1. The topological polar surface area (TPSA) is 98.0 Å². The maximum absolute atomic E-state index is 12.0. The minimum absolute atomic E-state index is 0.00116. The molecule has 1 rings (SSSR count). The number of nitriles is 1. The Bertz CT molecular complexity index is 453. The Labute approximate surface area is 94.8 Å². The molecule has 0 amide bonds. The number of rotatable bonds is 3. The van der Waals surface area contributed by atoms with Crippen LogP contribution in [0.1, 0.15) is 11.3 Å². The van der Waals surface area contributed by atoms with Crippen molar-refractivity contribution < 1.29 is 17.9 Å². The van der Waals surface area contributed by atoms with E-state index in [0.29, 0.717) is 5.56 Å². The number of pyridine rings is 1. The highest BCUT2D eigenvalue weighted by molar-refractivity contribution is 5.52. The predicted octanol–water partition coefficient (Wildman–Crippen LogP) is 1.09. The lowest BCUT2D eigenvalue weighted by Gasteiger charge is -2.12. The zero-order valence-corrected chi connectivity index (χ0v) is 8.58. The number of alkyl halides is 3. The molecule has 5 nitrogen and oxygen atoms in total. The summed E-state index contributed by atoms with van der Waals surface area (Å²) < 4.78 is 39.5. The quantitative estimate of drug-likeness (QED) is 0.831. The van der Waals surface area contributed by atoms with E-state index in [1.807, 2.05) is 6.07 Å². The highest BCUT2D eigenvalue weighted by Gasteiger charge is 2.32. The number of nitrogens with two attached hydrogens (primary N) is 2. The molecule has 4 N–H and O–H groups in total. The fourth-order valence-electron chi connectivity index (χ4n) is 1.24. The first-order valence-electron chi connectivity index (χ1n) is 4.48. The maximum atomic E-state index is 12.0. The standard InChI is InChI=1S/C9H9F3N4O/c10-9(11,12)17-8-3-6(15)5(1-2-13)7(4-14)16-8/h3H,1,4,14H2,(H2,15,16). The van der Waals surface area contributed by atoms with Gasteiger partial charge in [-0.05, 0) is 0 Å². The molecule has 0 saturated heterocycles. The normalized spacial score (nSPS) is 11.0. The van der Waals surface area contributed by atoms with E-state index >= 15 is 0 Å². The summed E-state index contributed by atoms with van der Waals surface area (Å²) in [6, 6.07) is 2.74. The van der Waals surface area contributed by atoms with Gasteiger partial charge in [0.05, 0.1) is 18.2 Å². The van der Waals surface area contributed by atoms with Gasteiger partial charge in [0, 0.05) is 23.9 Å². The van der Waals surface area contributed by atoms with Gasteiger partial charge in [-0.2, -0.15) is 5.26 Å². The van der Waals surface area contributed by atoms with E-state index in [1.165, 1.54) is 0 Å². The van der Waals surface area contributed by atoms with Crippen molar-refractivity contribution in [2.75, 3.05) is 5.73 Å². The summed E-state index contributed by atoms with van der Waals surface area (Å²) in [4.78, 5) is 3.56. The lowest BCUT2D eigenvalue weighted by Crippen LogP contribution is -2.19. The Morgan fingerprint density at radius 3 is 2.59 bits per heavy atom. The fraction of sp³-hybridized carbons (Fsp3) is 0.333. The highest BCUT2D eigenvalue weighted by atomic mass is 19.4. The van der Waals surface area contributed by atoms with Gasteiger partial charge in [-0.25, -0.2) is 4.98 Å². The number of anilines is 1. The minimum atomic E-state index is -4.85. The van der Waals surface area contributed by atoms with Crippen molar-refractivity contribution in [3.8, 4) is 11.9 Å². The van der Waals surface area contributed by atoms with Crippen molar-refractivity contribution in [3.63, 3.8) is 0 Å². The van der Waals surface area contributed by atoms with Crippen LogP contribution in [0.3, 0.4) is 0 Å². The van der Waals surface area contributed by atoms with Crippen LogP contribution in [0, 0.1) is 11.3 Å². The monoisotopic (exact) mass is 246 g/mol. The van der Waals surface area contributed by atoms with E-state index in [2.05, 4.69) is 9.72 Å². The Kier molecular flexibility index (Phi) is 3.75. The third kappa shape index (κ3) is 3.49. The summed E-state index contributed by atoms with van der Waals surface area (Å²) in [7, 11) is 0. The molecule has 0 spiro atoms. The zero-order chi connectivity index (χ0) is 13.1. The Morgan fingerprint density at radius 1 is 1.47 bits per heavy atom. The molecule has 17 heavy (non-hydrogen) atoms. The molecule has 0 aliphatic rings. The summed E-state index contributed by atoms with van der Waals surface area (Å²) in [6.45, 7) is -0.129. The summed E-state index contributed by atoms with van der Waals surface area (Å²) in [5.41, 5.74) is 11.3. The van der Waals surface area contributed by atoms with Crippen LogP contribution in [0.25, 0.3) is 0 Å². The largest absolute Gasteiger partial charge is 0.574 e. The molecule has 0 unspecified atom stereocenters. The average Bonchev–Trinajstić information content (AvgIpc) is 2.19. The third-order valence-electron chi connectivity index (χ3n) is 1.89. The molecular weight excluding hydrogens is 237 g/mol. The molecule has 92 valence electrons.